The van der Waals surface area contributed by atoms with E-state index in [1.54, 1.807) is 6.92 Å². The van der Waals surface area contributed by atoms with Crippen LogP contribution in [0.3, 0.4) is 0 Å². The molecule has 0 aliphatic rings. The van der Waals surface area contributed by atoms with Crippen LogP contribution in [0.25, 0.3) is 0 Å². The van der Waals surface area contributed by atoms with Crippen molar-refractivity contribution < 1.29 is 18.7 Å². The van der Waals surface area contributed by atoms with Gasteiger partial charge in [0.25, 0.3) is 0 Å². The SMILES string of the molecule is COC(=O)[C@H](C)OCCO[Si](C)(C)C(C)(C)C. The topological polar surface area (TPSA) is 44.8 Å². The zero-order chi connectivity index (χ0) is 13.7. The summed E-state index contributed by atoms with van der Waals surface area (Å²) in [7, 11) is -0.353. The molecule has 5 heteroatoms. The minimum Gasteiger partial charge on any atom is -0.467 e. The first-order valence-electron chi connectivity index (χ1n) is 5.95. The van der Waals surface area contributed by atoms with Crippen LogP contribution in [0, 0.1) is 0 Å². The van der Waals surface area contributed by atoms with Crippen molar-refractivity contribution in [3.8, 4) is 0 Å². The van der Waals surface area contributed by atoms with E-state index in [2.05, 4.69) is 38.6 Å². The molecule has 0 saturated carbocycles. The molecule has 0 bridgehead atoms. The van der Waals surface area contributed by atoms with Crippen molar-refractivity contribution in [2.24, 2.45) is 0 Å². The highest BCUT2D eigenvalue weighted by atomic mass is 28.4. The lowest BCUT2D eigenvalue weighted by molar-refractivity contribution is -0.153. The highest BCUT2D eigenvalue weighted by molar-refractivity contribution is 6.74. The predicted molar refractivity (Wildman–Crippen MR) is 70.6 cm³/mol. The summed E-state index contributed by atoms with van der Waals surface area (Å²) in [5.41, 5.74) is 0. The lowest BCUT2D eigenvalue weighted by atomic mass is 10.2. The molecule has 0 spiro atoms. The van der Waals surface area contributed by atoms with E-state index in [1.807, 2.05) is 0 Å². The number of hydrogen-bond donors (Lipinski definition) is 0. The summed E-state index contributed by atoms with van der Waals surface area (Å²) in [4.78, 5) is 11.1. The van der Waals surface area contributed by atoms with Gasteiger partial charge in [-0.2, -0.15) is 0 Å². The standard InChI is InChI=1S/C12H26O4Si/c1-10(11(13)14-5)15-8-9-16-17(6,7)12(2,3)4/h10H,8-9H2,1-7H3/t10-/m0/s1. The molecule has 0 aliphatic carbocycles. The third-order valence-corrected chi connectivity index (χ3v) is 7.79. The Morgan fingerprint density at radius 2 is 1.76 bits per heavy atom. The monoisotopic (exact) mass is 262 g/mol. The van der Waals surface area contributed by atoms with Crippen LogP contribution in [-0.2, 0) is 18.7 Å². The number of ether oxygens (including phenoxy) is 2. The van der Waals surface area contributed by atoms with Crippen LogP contribution in [0.2, 0.25) is 18.1 Å². The van der Waals surface area contributed by atoms with E-state index in [4.69, 9.17) is 9.16 Å². The van der Waals surface area contributed by atoms with E-state index in [1.165, 1.54) is 7.11 Å². The number of carbonyl (C=O) groups is 1. The van der Waals surface area contributed by atoms with Crippen molar-refractivity contribution in [3.05, 3.63) is 0 Å². The van der Waals surface area contributed by atoms with Crippen molar-refractivity contribution in [2.75, 3.05) is 20.3 Å². The number of esters is 1. The summed E-state index contributed by atoms with van der Waals surface area (Å²) in [6.07, 6.45) is -0.525. The van der Waals surface area contributed by atoms with E-state index < -0.39 is 14.4 Å². The van der Waals surface area contributed by atoms with Gasteiger partial charge in [0.15, 0.2) is 14.4 Å². The van der Waals surface area contributed by atoms with Gasteiger partial charge in [-0.25, -0.2) is 4.79 Å². The van der Waals surface area contributed by atoms with Crippen LogP contribution in [0.4, 0.5) is 0 Å². The molecule has 0 rings (SSSR count). The van der Waals surface area contributed by atoms with Gasteiger partial charge in [-0.15, -0.1) is 0 Å². The Morgan fingerprint density at radius 3 is 2.18 bits per heavy atom. The molecule has 0 saturated heterocycles. The summed E-state index contributed by atoms with van der Waals surface area (Å²) in [5.74, 6) is -0.350. The van der Waals surface area contributed by atoms with E-state index in [-0.39, 0.29) is 11.0 Å². The zero-order valence-corrected chi connectivity index (χ0v) is 13.1. The molecule has 0 heterocycles. The Labute approximate surface area is 106 Å². The van der Waals surface area contributed by atoms with Crippen molar-refractivity contribution in [1.29, 1.82) is 0 Å². The van der Waals surface area contributed by atoms with Gasteiger partial charge in [-0.1, -0.05) is 20.8 Å². The molecule has 102 valence electrons. The Morgan fingerprint density at radius 1 is 1.24 bits per heavy atom. The second-order valence-electron chi connectivity index (χ2n) is 5.64. The molecular weight excluding hydrogens is 236 g/mol. The normalized spacial score (nSPS) is 14.5. The first kappa shape index (κ1) is 16.6. The molecular formula is C12H26O4Si. The Bertz CT molecular complexity index is 245. The molecule has 4 nitrogen and oxygen atoms in total. The number of rotatable bonds is 6. The maximum absolute atomic E-state index is 11.1. The first-order valence-corrected chi connectivity index (χ1v) is 8.86. The fraction of sp³-hybridized carbons (Fsp3) is 0.917. The van der Waals surface area contributed by atoms with Gasteiger partial charge in [0.1, 0.15) is 0 Å². The minimum absolute atomic E-state index is 0.195. The maximum Gasteiger partial charge on any atom is 0.334 e. The lowest BCUT2D eigenvalue weighted by Gasteiger charge is -2.36. The molecule has 0 aliphatic heterocycles. The summed E-state index contributed by atoms with van der Waals surface area (Å²) < 4.78 is 15.8. The summed E-state index contributed by atoms with van der Waals surface area (Å²) in [6, 6.07) is 0. The zero-order valence-electron chi connectivity index (χ0n) is 12.1. The molecule has 0 aromatic carbocycles. The van der Waals surface area contributed by atoms with Crippen LogP contribution in [0.1, 0.15) is 27.7 Å². The second-order valence-corrected chi connectivity index (χ2v) is 10.5. The molecule has 0 N–H and O–H groups in total. The van der Waals surface area contributed by atoms with Crippen molar-refractivity contribution in [3.63, 3.8) is 0 Å². The van der Waals surface area contributed by atoms with Gasteiger partial charge in [-0.05, 0) is 25.1 Å². The van der Waals surface area contributed by atoms with Gasteiger partial charge < -0.3 is 13.9 Å². The molecule has 0 unspecified atom stereocenters. The molecule has 1 atom stereocenters. The molecule has 17 heavy (non-hydrogen) atoms. The van der Waals surface area contributed by atoms with Crippen LogP contribution < -0.4 is 0 Å². The maximum atomic E-state index is 11.1. The van der Waals surface area contributed by atoms with Crippen molar-refractivity contribution >= 4 is 14.3 Å². The minimum atomic E-state index is -1.71. The van der Waals surface area contributed by atoms with Gasteiger partial charge >= 0.3 is 5.97 Å². The van der Waals surface area contributed by atoms with Gasteiger partial charge in [-0.3, -0.25) is 0 Å². The molecule has 0 radical (unpaired) electrons. The highest BCUT2D eigenvalue weighted by Crippen LogP contribution is 2.36. The van der Waals surface area contributed by atoms with E-state index in [0.717, 1.165) is 0 Å². The van der Waals surface area contributed by atoms with Crippen LogP contribution >= 0.6 is 0 Å². The summed E-state index contributed by atoms with van der Waals surface area (Å²) >= 11 is 0. The first-order chi connectivity index (χ1) is 7.62. The van der Waals surface area contributed by atoms with Gasteiger partial charge in [0.05, 0.1) is 20.3 Å². The van der Waals surface area contributed by atoms with Crippen LogP contribution in [0.15, 0.2) is 0 Å². The average Bonchev–Trinajstić information content (AvgIpc) is 2.21. The summed E-state index contributed by atoms with van der Waals surface area (Å²) in [6.45, 7) is 13.6. The second kappa shape index (κ2) is 6.52. The molecule has 0 amide bonds. The average molecular weight is 262 g/mol. The van der Waals surface area contributed by atoms with E-state index in [0.29, 0.717) is 13.2 Å². The predicted octanol–water partition coefficient (Wildman–Crippen LogP) is 2.59. The van der Waals surface area contributed by atoms with Crippen LogP contribution in [0.5, 0.6) is 0 Å². The largest absolute Gasteiger partial charge is 0.467 e. The third kappa shape index (κ3) is 5.65. The van der Waals surface area contributed by atoms with E-state index >= 15 is 0 Å². The molecule has 0 aromatic heterocycles. The fourth-order valence-corrected chi connectivity index (χ4v) is 2.00. The lowest BCUT2D eigenvalue weighted by Crippen LogP contribution is -2.41. The fourth-order valence-electron chi connectivity index (χ4n) is 0.972. The molecule has 0 fully saturated rings. The highest BCUT2D eigenvalue weighted by Gasteiger charge is 2.36. The smallest absolute Gasteiger partial charge is 0.334 e. The molecule has 0 aromatic rings. The Kier molecular flexibility index (Phi) is 6.36. The Hall–Kier alpha value is -0.393. The van der Waals surface area contributed by atoms with Gasteiger partial charge in [0.2, 0.25) is 0 Å². The quantitative estimate of drug-likeness (QED) is 0.419. The van der Waals surface area contributed by atoms with Crippen LogP contribution in [-0.4, -0.2) is 40.7 Å². The Balaban J connectivity index is 3.90. The van der Waals surface area contributed by atoms with Gasteiger partial charge in [0, 0.05) is 0 Å². The number of methoxy groups -OCH3 is 1. The third-order valence-electron chi connectivity index (χ3n) is 3.25. The number of carbonyl (C=O) groups excluding carboxylic acids is 1. The van der Waals surface area contributed by atoms with E-state index in [9.17, 15) is 4.79 Å². The summed E-state index contributed by atoms with van der Waals surface area (Å²) in [5, 5.41) is 0.195. The van der Waals surface area contributed by atoms with Crippen molar-refractivity contribution in [2.45, 2.75) is 51.9 Å². The van der Waals surface area contributed by atoms with Crippen molar-refractivity contribution in [1.82, 2.24) is 0 Å². The number of hydrogen-bond acceptors (Lipinski definition) is 4.